The van der Waals surface area contributed by atoms with Crippen LogP contribution in [0.2, 0.25) is 0 Å². The molecule has 0 saturated carbocycles. The minimum Gasteiger partial charge on any atom is -0.457 e. The van der Waals surface area contributed by atoms with E-state index in [2.05, 4.69) is 5.32 Å². The maximum atomic E-state index is 11.8. The lowest BCUT2D eigenvalue weighted by molar-refractivity contribution is -0.130. The lowest BCUT2D eigenvalue weighted by Crippen LogP contribution is -2.32. The average Bonchev–Trinajstić information content (AvgIpc) is 3.21. The van der Waals surface area contributed by atoms with Crippen LogP contribution in [0.5, 0.6) is 0 Å². The molecule has 2 amide bonds. The SMILES string of the molecule is O=C(/C=C/c1cc2ccccc2o1)NCCC(=O)N1CCCC1. The van der Waals surface area contributed by atoms with E-state index in [9.17, 15) is 9.59 Å². The smallest absolute Gasteiger partial charge is 0.244 e. The van der Waals surface area contributed by atoms with Gasteiger partial charge in [0.25, 0.3) is 0 Å². The summed E-state index contributed by atoms with van der Waals surface area (Å²) in [4.78, 5) is 25.5. The van der Waals surface area contributed by atoms with Gasteiger partial charge in [0.15, 0.2) is 0 Å². The van der Waals surface area contributed by atoms with Gasteiger partial charge in [0.2, 0.25) is 11.8 Å². The number of hydrogen-bond donors (Lipinski definition) is 1. The summed E-state index contributed by atoms with van der Waals surface area (Å²) in [5.74, 6) is 0.526. The Hall–Kier alpha value is -2.56. The number of benzene rings is 1. The third-order valence-corrected chi connectivity index (χ3v) is 3.94. The molecule has 2 heterocycles. The second kappa shape index (κ2) is 7.13. The van der Waals surface area contributed by atoms with Gasteiger partial charge in [0.1, 0.15) is 11.3 Å². The molecule has 1 aliphatic heterocycles. The van der Waals surface area contributed by atoms with Crippen LogP contribution in [0, 0.1) is 0 Å². The molecule has 1 N–H and O–H groups in total. The van der Waals surface area contributed by atoms with Crippen LogP contribution in [0.1, 0.15) is 25.0 Å². The van der Waals surface area contributed by atoms with Gasteiger partial charge in [-0.1, -0.05) is 18.2 Å². The van der Waals surface area contributed by atoms with Crippen molar-refractivity contribution in [2.45, 2.75) is 19.3 Å². The summed E-state index contributed by atoms with van der Waals surface area (Å²) in [6.07, 6.45) is 5.58. The Labute approximate surface area is 134 Å². The van der Waals surface area contributed by atoms with E-state index in [4.69, 9.17) is 4.42 Å². The van der Waals surface area contributed by atoms with Gasteiger partial charge in [-0.2, -0.15) is 0 Å². The van der Waals surface area contributed by atoms with Gasteiger partial charge in [0, 0.05) is 37.5 Å². The molecule has 1 saturated heterocycles. The van der Waals surface area contributed by atoms with Crippen molar-refractivity contribution in [3.05, 3.63) is 42.2 Å². The summed E-state index contributed by atoms with van der Waals surface area (Å²) < 4.78 is 5.60. The van der Waals surface area contributed by atoms with E-state index < -0.39 is 0 Å². The van der Waals surface area contributed by atoms with E-state index in [0.717, 1.165) is 36.9 Å². The molecule has 23 heavy (non-hydrogen) atoms. The van der Waals surface area contributed by atoms with Crippen molar-refractivity contribution in [2.75, 3.05) is 19.6 Å². The van der Waals surface area contributed by atoms with Crippen LogP contribution in [0.3, 0.4) is 0 Å². The summed E-state index contributed by atoms with van der Waals surface area (Å²) in [6.45, 7) is 2.05. The number of hydrogen-bond acceptors (Lipinski definition) is 3. The zero-order valence-corrected chi connectivity index (χ0v) is 13.0. The molecule has 1 aliphatic rings. The summed E-state index contributed by atoms with van der Waals surface area (Å²) in [5, 5.41) is 3.73. The molecule has 1 aromatic carbocycles. The molecule has 3 rings (SSSR count). The predicted octanol–water partition coefficient (Wildman–Crippen LogP) is 2.57. The van der Waals surface area contributed by atoms with E-state index >= 15 is 0 Å². The summed E-state index contributed by atoms with van der Waals surface area (Å²) >= 11 is 0. The highest BCUT2D eigenvalue weighted by Gasteiger charge is 2.17. The monoisotopic (exact) mass is 312 g/mol. The minimum absolute atomic E-state index is 0.115. The molecule has 5 nitrogen and oxygen atoms in total. The van der Waals surface area contributed by atoms with Crippen molar-refractivity contribution < 1.29 is 14.0 Å². The Kier molecular flexibility index (Phi) is 4.76. The number of amides is 2. The largest absolute Gasteiger partial charge is 0.457 e. The fourth-order valence-corrected chi connectivity index (χ4v) is 2.72. The lowest BCUT2D eigenvalue weighted by atomic mass is 10.2. The number of rotatable bonds is 5. The van der Waals surface area contributed by atoms with E-state index in [-0.39, 0.29) is 11.8 Å². The van der Waals surface area contributed by atoms with Crippen LogP contribution in [0.25, 0.3) is 17.0 Å². The van der Waals surface area contributed by atoms with Gasteiger partial charge in [0.05, 0.1) is 0 Å². The van der Waals surface area contributed by atoms with Crippen LogP contribution in [0.4, 0.5) is 0 Å². The molecule has 1 fully saturated rings. The summed E-state index contributed by atoms with van der Waals surface area (Å²) in [6, 6.07) is 9.58. The van der Waals surface area contributed by atoms with Crippen molar-refractivity contribution in [3.63, 3.8) is 0 Å². The van der Waals surface area contributed by atoms with Gasteiger partial charge < -0.3 is 14.6 Å². The van der Waals surface area contributed by atoms with E-state index in [1.807, 2.05) is 35.2 Å². The Morgan fingerprint density at radius 3 is 2.78 bits per heavy atom. The second-order valence-electron chi connectivity index (χ2n) is 5.65. The van der Waals surface area contributed by atoms with Crippen molar-refractivity contribution in [1.82, 2.24) is 10.2 Å². The zero-order valence-electron chi connectivity index (χ0n) is 13.0. The maximum Gasteiger partial charge on any atom is 0.244 e. The molecule has 0 bridgehead atoms. The first-order chi connectivity index (χ1) is 11.2. The van der Waals surface area contributed by atoms with E-state index in [1.54, 1.807) is 6.08 Å². The van der Waals surface area contributed by atoms with Gasteiger partial charge >= 0.3 is 0 Å². The molecule has 0 spiro atoms. The first-order valence-corrected chi connectivity index (χ1v) is 7.95. The standard InChI is InChI=1S/C18H20N2O3/c21-17(19-10-9-18(22)20-11-3-4-12-20)8-7-15-13-14-5-1-2-6-16(14)23-15/h1-2,5-8,13H,3-4,9-12H2,(H,19,21)/b8-7+. The number of fused-ring (bicyclic) bond motifs is 1. The van der Waals surface area contributed by atoms with Gasteiger partial charge in [-0.25, -0.2) is 0 Å². The first kappa shape index (κ1) is 15.3. The Morgan fingerprint density at radius 2 is 2.00 bits per heavy atom. The third kappa shape index (κ3) is 4.00. The van der Waals surface area contributed by atoms with Crippen molar-refractivity contribution in [3.8, 4) is 0 Å². The molecule has 1 aromatic heterocycles. The molecule has 0 radical (unpaired) electrons. The van der Waals surface area contributed by atoms with Crippen molar-refractivity contribution in [1.29, 1.82) is 0 Å². The number of carbonyl (C=O) groups excluding carboxylic acids is 2. The molecule has 5 heteroatoms. The van der Waals surface area contributed by atoms with Crippen LogP contribution in [-0.4, -0.2) is 36.3 Å². The molecule has 2 aromatic rings. The maximum absolute atomic E-state index is 11.8. The van der Waals surface area contributed by atoms with Gasteiger partial charge in [-0.3, -0.25) is 9.59 Å². The second-order valence-corrected chi connectivity index (χ2v) is 5.65. The highest BCUT2D eigenvalue weighted by atomic mass is 16.3. The molecular weight excluding hydrogens is 292 g/mol. The molecule has 0 unspecified atom stereocenters. The topological polar surface area (TPSA) is 62.6 Å². The van der Waals surface area contributed by atoms with Crippen molar-refractivity contribution in [2.24, 2.45) is 0 Å². The number of furan rings is 1. The quantitative estimate of drug-likeness (QED) is 0.863. The summed E-state index contributed by atoms with van der Waals surface area (Å²) in [7, 11) is 0. The number of likely N-dealkylation sites (tertiary alicyclic amines) is 1. The van der Waals surface area contributed by atoms with Crippen molar-refractivity contribution >= 4 is 28.9 Å². The molecule has 0 atom stereocenters. The fraction of sp³-hybridized carbons (Fsp3) is 0.333. The third-order valence-electron chi connectivity index (χ3n) is 3.94. The number of carbonyl (C=O) groups is 2. The van der Waals surface area contributed by atoms with E-state index in [0.29, 0.717) is 18.7 Å². The van der Waals surface area contributed by atoms with E-state index in [1.165, 1.54) is 6.08 Å². The van der Waals surface area contributed by atoms with Crippen LogP contribution in [0.15, 0.2) is 40.8 Å². The van der Waals surface area contributed by atoms with Crippen LogP contribution >= 0.6 is 0 Å². The molecular formula is C18H20N2O3. The molecule has 120 valence electrons. The number of nitrogens with zero attached hydrogens (tertiary/aromatic N) is 1. The predicted molar refractivity (Wildman–Crippen MR) is 88.7 cm³/mol. The van der Waals surface area contributed by atoms with Gasteiger partial charge in [-0.05, 0) is 31.1 Å². The minimum atomic E-state index is -0.223. The Balaban J connectivity index is 1.46. The average molecular weight is 312 g/mol. The summed E-state index contributed by atoms with van der Waals surface area (Å²) in [5.41, 5.74) is 0.795. The Morgan fingerprint density at radius 1 is 1.22 bits per heavy atom. The first-order valence-electron chi connectivity index (χ1n) is 7.95. The Bertz CT molecular complexity index is 694. The lowest BCUT2D eigenvalue weighted by Gasteiger charge is -2.14. The highest BCUT2D eigenvalue weighted by molar-refractivity contribution is 5.92. The molecule has 0 aliphatic carbocycles. The number of para-hydroxylation sites is 1. The van der Waals surface area contributed by atoms with Gasteiger partial charge in [-0.15, -0.1) is 0 Å². The highest BCUT2D eigenvalue weighted by Crippen LogP contribution is 2.19. The van der Waals surface area contributed by atoms with Crippen LogP contribution < -0.4 is 5.32 Å². The normalized spacial score (nSPS) is 14.7. The van der Waals surface area contributed by atoms with Crippen LogP contribution in [-0.2, 0) is 9.59 Å². The zero-order chi connectivity index (χ0) is 16.1. The fourth-order valence-electron chi connectivity index (χ4n) is 2.72. The number of nitrogens with one attached hydrogen (secondary N) is 1.